The van der Waals surface area contributed by atoms with Crippen molar-refractivity contribution in [3.8, 4) is 16.3 Å². The molecule has 0 bridgehead atoms. The number of carbonyl (C=O) groups excluding carboxylic acids is 1. The van der Waals surface area contributed by atoms with Gasteiger partial charge in [0.1, 0.15) is 17.4 Å². The number of aryl methyl sites for hydroxylation is 2. The summed E-state index contributed by atoms with van der Waals surface area (Å²) < 4.78 is 36.1. The number of hydrogen-bond acceptors (Lipinski definition) is 6. The summed E-state index contributed by atoms with van der Waals surface area (Å²) in [7, 11) is -3.88. The van der Waals surface area contributed by atoms with Gasteiger partial charge in [-0.3, -0.25) is 9.52 Å². The Bertz CT molecular complexity index is 1510. The Kier molecular flexibility index (Phi) is 5.53. The van der Waals surface area contributed by atoms with Crippen molar-refractivity contribution in [1.82, 2.24) is 4.98 Å². The second kappa shape index (κ2) is 8.41. The van der Waals surface area contributed by atoms with E-state index in [4.69, 9.17) is 4.74 Å². The molecule has 0 saturated heterocycles. The summed E-state index contributed by atoms with van der Waals surface area (Å²) in [6, 6.07) is 16.7. The first-order valence-corrected chi connectivity index (χ1v) is 13.1. The molecule has 3 aromatic carbocycles. The molecule has 7 nitrogen and oxygen atoms in total. The first-order valence-electron chi connectivity index (χ1n) is 10.8. The van der Waals surface area contributed by atoms with E-state index in [1.165, 1.54) is 13.0 Å². The van der Waals surface area contributed by atoms with Crippen molar-refractivity contribution in [3.63, 3.8) is 0 Å². The maximum absolute atomic E-state index is 13.3. The van der Waals surface area contributed by atoms with Crippen LogP contribution in [0.1, 0.15) is 18.1 Å². The van der Waals surface area contributed by atoms with Gasteiger partial charge in [0.25, 0.3) is 10.0 Å². The minimum atomic E-state index is -3.88. The maximum Gasteiger partial charge on any atom is 0.262 e. The Balaban J connectivity index is 1.45. The van der Waals surface area contributed by atoms with E-state index < -0.39 is 10.0 Å². The van der Waals surface area contributed by atoms with Crippen molar-refractivity contribution in [2.45, 2.75) is 25.7 Å². The first kappa shape index (κ1) is 22.4. The Morgan fingerprint density at radius 2 is 1.88 bits per heavy atom. The van der Waals surface area contributed by atoms with Gasteiger partial charge in [-0.2, -0.15) is 0 Å². The van der Waals surface area contributed by atoms with Crippen LogP contribution >= 0.6 is 11.3 Å². The molecule has 0 atom stereocenters. The SMILES string of the molecule is CC(=O)N1CCOc2cc(S(=O)(=O)Nc3ccc(-c4nc5ccccc5s4)cc3C)c(C)cc21. The van der Waals surface area contributed by atoms with Crippen LogP contribution in [0.3, 0.4) is 0 Å². The molecule has 9 heteroatoms. The molecule has 5 rings (SSSR count). The lowest BCUT2D eigenvalue weighted by Gasteiger charge is -2.29. The molecule has 0 fully saturated rings. The molecule has 0 aliphatic carbocycles. The highest BCUT2D eigenvalue weighted by molar-refractivity contribution is 7.92. The van der Waals surface area contributed by atoms with Gasteiger partial charge in [0, 0.05) is 18.6 Å². The number of nitrogens with one attached hydrogen (secondary N) is 1. The summed E-state index contributed by atoms with van der Waals surface area (Å²) in [4.78, 5) is 18.3. The minimum absolute atomic E-state index is 0.110. The van der Waals surface area contributed by atoms with Crippen LogP contribution in [0.25, 0.3) is 20.8 Å². The maximum atomic E-state index is 13.3. The summed E-state index contributed by atoms with van der Waals surface area (Å²) in [5, 5.41) is 0.886. The molecule has 1 amide bonds. The van der Waals surface area contributed by atoms with E-state index >= 15 is 0 Å². The average molecular weight is 494 g/mol. The summed E-state index contributed by atoms with van der Waals surface area (Å²) in [6.45, 7) is 5.81. The van der Waals surface area contributed by atoms with Crippen LogP contribution in [0, 0.1) is 13.8 Å². The van der Waals surface area contributed by atoms with E-state index in [0.717, 1.165) is 26.4 Å². The van der Waals surface area contributed by atoms with E-state index in [1.807, 2.05) is 43.3 Å². The third-order valence-electron chi connectivity index (χ3n) is 5.80. The lowest BCUT2D eigenvalue weighted by Crippen LogP contribution is -2.36. The van der Waals surface area contributed by atoms with Crippen molar-refractivity contribution in [3.05, 3.63) is 65.7 Å². The molecular weight excluding hydrogens is 470 g/mol. The fraction of sp³-hybridized carbons (Fsp3) is 0.200. The van der Waals surface area contributed by atoms with Gasteiger partial charge >= 0.3 is 0 Å². The summed E-state index contributed by atoms with van der Waals surface area (Å²) in [6.07, 6.45) is 0. The molecule has 1 N–H and O–H groups in total. The van der Waals surface area contributed by atoms with Crippen molar-refractivity contribution in [2.75, 3.05) is 22.8 Å². The quantitative estimate of drug-likeness (QED) is 0.426. The van der Waals surface area contributed by atoms with Gasteiger partial charge in [0.2, 0.25) is 5.91 Å². The molecule has 4 aromatic rings. The van der Waals surface area contributed by atoms with Gasteiger partial charge in [-0.1, -0.05) is 12.1 Å². The van der Waals surface area contributed by atoms with Gasteiger partial charge in [0.05, 0.1) is 33.0 Å². The van der Waals surface area contributed by atoms with Crippen molar-refractivity contribution >= 4 is 48.9 Å². The monoisotopic (exact) mass is 493 g/mol. The number of amides is 1. The summed E-state index contributed by atoms with van der Waals surface area (Å²) in [5.41, 5.74) is 4.28. The van der Waals surface area contributed by atoms with Crippen LogP contribution in [0.15, 0.2) is 59.5 Å². The van der Waals surface area contributed by atoms with E-state index in [0.29, 0.717) is 35.8 Å². The number of sulfonamides is 1. The van der Waals surface area contributed by atoms with Gasteiger partial charge in [0.15, 0.2) is 0 Å². The van der Waals surface area contributed by atoms with Gasteiger partial charge in [-0.15, -0.1) is 11.3 Å². The minimum Gasteiger partial charge on any atom is -0.489 e. The molecular formula is C25H23N3O4S2. The lowest BCUT2D eigenvalue weighted by atomic mass is 10.1. The molecule has 1 aromatic heterocycles. The number of thiazole rings is 1. The van der Waals surface area contributed by atoms with Crippen LogP contribution in [0.5, 0.6) is 5.75 Å². The van der Waals surface area contributed by atoms with Crippen LogP contribution in [0.2, 0.25) is 0 Å². The molecule has 174 valence electrons. The van der Waals surface area contributed by atoms with Crippen molar-refractivity contribution in [2.24, 2.45) is 0 Å². The second-order valence-electron chi connectivity index (χ2n) is 8.23. The summed E-state index contributed by atoms with van der Waals surface area (Å²) in [5.74, 6) is 0.275. The zero-order chi connectivity index (χ0) is 24.0. The molecule has 0 unspecified atom stereocenters. The Morgan fingerprint density at radius 3 is 2.62 bits per heavy atom. The number of aromatic nitrogens is 1. The Morgan fingerprint density at radius 1 is 1.09 bits per heavy atom. The number of rotatable bonds is 4. The predicted octanol–water partition coefficient (Wildman–Crippen LogP) is 5.13. The number of ether oxygens (including phenoxy) is 1. The largest absolute Gasteiger partial charge is 0.489 e. The summed E-state index contributed by atoms with van der Waals surface area (Å²) >= 11 is 1.60. The van der Waals surface area contributed by atoms with Gasteiger partial charge in [-0.25, -0.2) is 13.4 Å². The first-order chi connectivity index (χ1) is 16.2. The second-order valence-corrected chi connectivity index (χ2v) is 10.9. The normalized spacial score (nSPS) is 13.4. The standard InChI is InChI=1S/C25H23N3O4S2/c1-15-12-18(25-26-20-6-4-5-7-23(20)33-25)8-9-19(15)27-34(30,31)24-14-22-21(13-16(24)2)28(17(3)29)10-11-32-22/h4-9,12-14,27H,10-11H2,1-3H3. The smallest absolute Gasteiger partial charge is 0.262 e. The predicted molar refractivity (Wildman–Crippen MR) is 135 cm³/mol. The average Bonchev–Trinajstić information content (AvgIpc) is 3.23. The number of fused-ring (bicyclic) bond motifs is 2. The molecule has 0 saturated carbocycles. The fourth-order valence-electron chi connectivity index (χ4n) is 4.07. The third-order valence-corrected chi connectivity index (χ3v) is 8.39. The molecule has 1 aliphatic heterocycles. The molecule has 1 aliphatic rings. The van der Waals surface area contributed by atoms with Crippen LogP contribution in [-0.2, 0) is 14.8 Å². The lowest BCUT2D eigenvalue weighted by molar-refractivity contribution is -0.116. The Hall–Kier alpha value is -3.43. The Labute approximate surface area is 202 Å². The number of benzene rings is 3. The zero-order valence-corrected chi connectivity index (χ0v) is 20.6. The van der Waals surface area contributed by atoms with E-state index in [-0.39, 0.29) is 10.8 Å². The van der Waals surface area contributed by atoms with E-state index in [1.54, 1.807) is 35.3 Å². The fourth-order valence-corrected chi connectivity index (χ4v) is 6.41. The van der Waals surface area contributed by atoms with Crippen LogP contribution < -0.4 is 14.4 Å². The number of anilines is 2. The molecule has 0 radical (unpaired) electrons. The van der Waals surface area contributed by atoms with Crippen molar-refractivity contribution < 1.29 is 17.9 Å². The van der Waals surface area contributed by atoms with Crippen molar-refractivity contribution in [1.29, 1.82) is 0 Å². The molecule has 0 spiro atoms. The van der Waals surface area contributed by atoms with Gasteiger partial charge < -0.3 is 9.64 Å². The molecule has 2 heterocycles. The third kappa shape index (κ3) is 4.01. The number of hydrogen-bond donors (Lipinski definition) is 1. The molecule has 34 heavy (non-hydrogen) atoms. The van der Waals surface area contributed by atoms with Crippen LogP contribution in [0.4, 0.5) is 11.4 Å². The highest BCUT2D eigenvalue weighted by Crippen LogP contribution is 2.37. The topological polar surface area (TPSA) is 88.6 Å². The highest BCUT2D eigenvalue weighted by Gasteiger charge is 2.26. The number of para-hydroxylation sites is 1. The number of nitrogens with zero attached hydrogens (tertiary/aromatic N) is 2. The van der Waals surface area contributed by atoms with Gasteiger partial charge in [-0.05, 0) is 61.4 Å². The van der Waals surface area contributed by atoms with E-state index in [9.17, 15) is 13.2 Å². The zero-order valence-electron chi connectivity index (χ0n) is 19.0. The highest BCUT2D eigenvalue weighted by atomic mass is 32.2. The van der Waals surface area contributed by atoms with E-state index in [2.05, 4.69) is 9.71 Å². The van der Waals surface area contributed by atoms with Crippen LogP contribution in [-0.4, -0.2) is 32.5 Å². The number of carbonyl (C=O) groups is 1.